The molecular weight excluding hydrogens is 313 g/mol. The average molecular weight is 334 g/mol. The van der Waals surface area contributed by atoms with E-state index in [9.17, 15) is 4.57 Å². The smallest absolute Gasteiger partial charge is 0.314 e. The second-order valence-electron chi connectivity index (χ2n) is 2.73. The SMILES string of the molecule is CCCOP(=O)(O)ONCCNCCCl.Cl.Cl. The van der Waals surface area contributed by atoms with E-state index in [1.807, 2.05) is 6.92 Å². The predicted octanol–water partition coefficient (Wildman–Crippen LogP) is 1.71. The van der Waals surface area contributed by atoms with Gasteiger partial charge >= 0.3 is 7.82 Å². The Kier molecular flexibility index (Phi) is 20.3. The van der Waals surface area contributed by atoms with E-state index in [0.717, 1.165) is 0 Å². The van der Waals surface area contributed by atoms with Crippen LogP contribution in [0.1, 0.15) is 13.3 Å². The van der Waals surface area contributed by atoms with Crippen molar-refractivity contribution in [1.82, 2.24) is 10.8 Å². The summed E-state index contributed by atoms with van der Waals surface area (Å²) in [6.07, 6.45) is 0.658. The molecule has 17 heavy (non-hydrogen) atoms. The topological polar surface area (TPSA) is 79.8 Å². The minimum atomic E-state index is -3.93. The molecule has 0 aliphatic heterocycles. The fourth-order valence-corrected chi connectivity index (χ4v) is 1.55. The van der Waals surface area contributed by atoms with Gasteiger partial charge in [0.25, 0.3) is 0 Å². The van der Waals surface area contributed by atoms with Gasteiger partial charge in [-0.25, -0.2) is 4.57 Å². The molecule has 0 aliphatic rings. The molecule has 0 saturated carbocycles. The van der Waals surface area contributed by atoms with Gasteiger partial charge < -0.3 is 10.2 Å². The number of phosphoric acid groups is 1. The zero-order chi connectivity index (χ0) is 11.6. The molecule has 1 unspecified atom stereocenters. The molecule has 10 heteroatoms. The maximum absolute atomic E-state index is 11.1. The van der Waals surface area contributed by atoms with E-state index in [4.69, 9.17) is 16.5 Å². The molecular formula is C7H20Cl3N2O4P. The van der Waals surface area contributed by atoms with Gasteiger partial charge in [-0.1, -0.05) is 6.92 Å². The molecule has 3 N–H and O–H groups in total. The molecule has 0 aromatic rings. The zero-order valence-corrected chi connectivity index (χ0v) is 12.8. The number of rotatable bonds is 10. The molecule has 0 aromatic carbocycles. The third kappa shape index (κ3) is 16.9. The summed E-state index contributed by atoms with van der Waals surface area (Å²) in [6.45, 7) is 3.72. The third-order valence-electron chi connectivity index (χ3n) is 1.31. The number of alkyl halides is 1. The van der Waals surface area contributed by atoms with Crippen LogP contribution in [0.3, 0.4) is 0 Å². The van der Waals surface area contributed by atoms with Crippen LogP contribution in [-0.4, -0.2) is 37.0 Å². The Balaban J connectivity index is -0.000000980. The van der Waals surface area contributed by atoms with Crippen molar-refractivity contribution < 1.29 is 18.6 Å². The molecule has 6 nitrogen and oxygen atoms in total. The number of hydrogen-bond donors (Lipinski definition) is 3. The lowest BCUT2D eigenvalue weighted by Gasteiger charge is -2.11. The molecule has 0 rings (SSSR count). The van der Waals surface area contributed by atoms with Crippen molar-refractivity contribution in [2.45, 2.75) is 13.3 Å². The van der Waals surface area contributed by atoms with Crippen molar-refractivity contribution in [2.75, 3.05) is 32.1 Å². The van der Waals surface area contributed by atoms with Crippen molar-refractivity contribution >= 4 is 44.2 Å². The third-order valence-corrected chi connectivity index (χ3v) is 2.37. The van der Waals surface area contributed by atoms with Crippen LogP contribution in [0, 0.1) is 0 Å². The Morgan fingerprint density at radius 2 is 1.94 bits per heavy atom. The fraction of sp³-hybridized carbons (Fsp3) is 1.00. The van der Waals surface area contributed by atoms with Gasteiger partial charge in [0.05, 0.1) is 6.61 Å². The standard InChI is InChI=1S/C7H18ClN2O4P.2ClH/c1-2-7-13-15(11,12)14-10-6-5-9-4-3-8;;/h9-10H,2-7H2,1H3,(H,11,12);2*1H. The van der Waals surface area contributed by atoms with E-state index in [-0.39, 0.29) is 31.4 Å². The van der Waals surface area contributed by atoms with Crippen LogP contribution in [0.2, 0.25) is 0 Å². The van der Waals surface area contributed by atoms with E-state index in [1.54, 1.807) is 0 Å². The lowest BCUT2D eigenvalue weighted by molar-refractivity contribution is 0.0974. The Morgan fingerprint density at radius 3 is 2.47 bits per heavy atom. The quantitative estimate of drug-likeness (QED) is 0.244. The van der Waals surface area contributed by atoms with Gasteiger partial charge in [0.15, 0.2) is 0 Å². The maximum Gasteiger partial charge on any atom is 0.488 e. The Hall–Kier alpha value is 0.900. The van der Waals surface area contributed by atoms with Crippen molar-refractivity contribution in [3.8, 4) is 0 Å². The van der Waals surface area contributed by atoms with Gasteiger partial charge in [0.1, 0.15) is 0 Å². The van der Waals surface area contributed by atoms with Crippen molar-refractivity contribution in [2.24, 2.45) is 0 Å². The first-order chi connectivity index (χ1) is 7.12. The minimum Gasteiger partial charge on any atom is -0.314 e. The van der Waals surface area contributed by atoms with E-state index in [2.05, 4.69) is 19.9 Å². The van der Waals surface area contributed by atoms with Crippen LogP contribution in [0.4, 0.5) is 0 Å². The minimum absolute atomic E-state index is 0. The molecule has 0 radical (unpaired) electrons. The molecule has 0 spiro atoms. The van der Waals surface area contributed by atoms with Crippen LogP contribution in [-0.2, 0) is 13.7 Å². The number of nitrogens with one attached hydrogen (secondary N) is 2. The summed E-state index contributed by atoms with van der Waals surface area (Å²) < 4.78 is 20.1. The summed E-state index contributed by atoms with van der Waals surface area (Å²) in [5, 5.41) is 2.98. The summed E-state index contributed by atoms with van der Waals surface area (Å²) >= 11 is 5.43. The molecule has 0 bridgehead atoms. The van der Waals surface area contributed by atoms with Gasteiger partial charge in [-0.3, -0.25) is 4.52 Å². The summed E-state index contributed by atoms with van der Waals surface area (Å²) in [5.74, 6) is 0.527. The van der Waals surface area contributed by atoms with E-state index in [1.165, 1.54) is 0 Å². The van der Waals surface area contributed by atoms with Crippen molar-refractivity contribution in [3.63, 3.8) is 0 Å². The van der Waals surface area contributed by atoms with Gasteiger partial charge in [-0.15, -0.1) is 36.4 Å². The highest BCUT2D eigenvalue weighted by atomic mass is 35.5. The largest absolute Gasteiger partial charge is 0.488 e. The molecule has 1 atom stereocenters. The highest BCUT2D eigenvalue weighted by molar-refractivity contribution is 7.47. The molecule has 0 aliphatic carbocycles. The van der Waals surface area contributed by atoms with Crippen LogP contribution in [0.15, 0.2) is 0 Å². The molecule has 0 heterocycles. The van der Waals surface area contributed by atoms with E-state index in [0.29, 0.717) is 31.9 Å². The predicted molar refractivity (Wildman–Crippen MR) is 73.2 cm³/mol. The Bertz CT molecular complexity index is 202. The van der Waals surface area contributed by atoms with Crippen LogP contribution < -0.4 is 10.8 Å². The van der Waals surface area contributed by atoms with Gasteiger partial charge in [-0.05, 0) is 6.42 Å². The highest BCUT2D eigenvalue weighted by Gasteiger charge is 2.20. The van der Waals surface area contributed by atoms with E-state index < -0.39 is 7.82 Å². The summed E-state index contributed by atoms with van der Waals surface area (Å²) in [6, 6.07) is 0. The van der Waals surface area contributed by atoms with Crippen LogP contribution >= 0.6 is 44.2 Å². The fourth-order valence-electron chi connectivity index (χ4n) is 0.691. The van der Waals surface area contributed by atoms with Crippen LogP contribution in [0.5, 0.6) is 0 Å². The number of halogens is 3. The monoisotopic (exact) mass is 332 g/mol. The van der Waals surface area contributed by atoms with Gasteiger partial charge in [-0.2, -0.15) is 10.1 Å². The summed E-state index contributed by atoms with van der Waals surface area (Å²) in [7, 11) is -3.93. The lowest BCUT2D eigenvalue weighted by atomic mass is 10.5. The van der Waals surface area contributed by atoms with Crippen molar-refractivity contribution in [1.29, 1.82) is 0 Å². The molecule has 0 saturated heterocycles. The Morgan fingerprint density at radius 1 is 1.29 bits per heavy atom. The molecule has 0 aromatic heterocycles. The van der Waals surface area contributed by atoms with Crippen LogP contribution in [0.25, 0.3) is 0 Å². The molecule has 0 amide bonds. The second-order valence-corrected chi connectivity index (χ2v) is 4.48. The number of phosphoric ester groups is 1. The number of hydroxylamine groups is 1. The number of hydrogen-bond acceptors (Lipinski definition) is 5. The first-order valence-corrected chi connectivity index (χ1v) is 6.81. The van der Waals surface area contributed by atoms with Crippen molar-refractivity contribution in [3.05, 3.63) is 0 Å². The first-order valence-electron chi connectivity index (χ1n) is 4.78. The normalized spacial score (nSPS) is 13.4. The lowest BCUT2D eigenvalue weighted by Crippen LogP contribution is -2.28. The summed E-state index contributed by atoms with van der Waals surface area (Å²) in [4.78, 5) is 9.06. The van der Waals surface area contributed by atoms with Gasteiger partial charge in [0.2, 0.25) is 0 Å². The Labute approximate surface area is 119 Å². The maximum atomic E-state index is 11.1. The average Bonchev–Trinajstić information content (AvgIpc) is 2.20. The van der Waals surface area contributed by atoms with E-state index >= 15 is 0 Å². The summed E-state index contributed by atoms with van der Waals surface area (Å²) in [5.41, 5.74) is 2.35. The molecule has 0 fully saturated rings. The molecule has 108 valence electrons. The van der Waals surface area contributed by atoms with Gasteiger partial charge in [0, 0.05) is 25.5 Å². The highest BCUT2D eigenvalue weighted by Crippen LogP contribution is 2.41. The zero-order valence-electron chi connectivity index (χ0n) is 9.56. The second kappa shape index (κ2) is 15.0. The first kappa shape index (κ1) is 23.0.